The van der Waals surface area contributed by atoms with Crippen molar-refractivity contribution in [2.45, 2.75) is 18.4 Å². The van der Waals surface area contributed by atoms with E-state index in [2.05, 4.69) is 65.3 Å². The van der Waals surface area contributed by atoms with Crippen LogP contribution in [0.1, 0.15) is 39.9 Å². The Hall–Kier alpha value is -4.45. The topological polar surface area (TPSA) is 84.3 Å². The fraction of sp³-hybridized carbons (Fsp3) is 0.138. The van der Waals surface area contributed by atoms with Crippen LogP contribution < -0.4 is 10.6 Å². The second-order valence-electron chi connectivity index (χ2n) is 9.11. The van der Waals surface area contributed by atoms with Crippen LogP contribution in [-0.4, -0.2) is 10.8 Å². The van der Waals surface area contributed by atoms with E-state index in [1.165, 1.54) is 34.5 Å². The molecule has 0 radical (unpaired) electrons. The largest absolute Gasteiger partial charge is 0.378 e. The molecular formula is C29H23N3O3. The Kier molecular flexibility index (Phi) is 5.07. The number of nitro groups is 1. The zero-order chi connectivity index (χ0) is 23.9. The van der Waals surface area contributed by atoms with Gasteiger partial charge in [0, 0.05) is 35.0 Å². The van der Waals surface area contributed by atoms with E-state index in [0.717, 1.165) is 17.7 Å². The molecule has 0 bridgehead atoms. The number of non-ortho nitro benzene ring substituents is 1. The van der Waals surface area contributed by atoms with Crippen LogP contribution in [0, 0.1) is 16.0 Å². The summed E-state index contributed by atoms with van der Waals surface area (Å²) in [5, 5.41) is 20.3. The van der Waals surface area contributed by atoms with Crippen LogP contribution >= 0.6 is 0 Å². The number of rotatable bonds is 4. The molecule has 1 heterocycles. The molecule has 1 amide bonds. The molecule has 35 heavy (non-hydrogen) atoms. The van der Waals surface area contributed by atoms with Crippen molar-refractivity contribution in [2.75, 3.05) is 10.6 Å². The number of hydrogen-bond acceptors (Lipinski definition) is 4. The molecule has 0 saturated heterocycles. The highest BCUT2D eigenvalue weighted by atomic mass is 16.6. The number of amides is 1. The van der Waals surface area contributed by atoms with Gasteiger partial charge in [0.25, 0.3) is 11.6 Å². The number of carbonyl (C=O) groups excluding carboxylic acids is 1. The van der Waals surface area contributed by atoms with Crippen LogP contribution in [-0.2, 0) is 0 Å². The molecule has 6 heteroatoms. The van der Waals surface area contributed by atoms with Gasteiger partial charge >= 0.3 is 0 Å². The summed E-state index contributed by atoms with van der Waals surface area (Å²) in [7, 11) is 0. The maximum Gasteiger partial charge on any atom is 0.270 e. The van der Waals surface area contributed by atoms with Crippen molar-refractivity contribution in [3.8, 4) is 0 Å². The molecule has 4 aromatic rings. The van der Waals surface area contributed by atoms with Gasteiger partial charge in [-0.25, -0.2) is 0 Å². The minimum Gasteiger partial charge on any atom is -0.378 e. The van der Waals surface area contributed by atoms with Crippen LogP contribution in [0.2, 0.25) is 0 Å². The predicted molar refractivity (Wildman–Crippen MR) is 138 cm³/mol. The number of nitrogens with zero attached hydrogens (tertiary/aromatic N) is 1. The molecule has 6 rings (SSSR count). The van der Waals surface area contributed by atoms with Crippen LogP contribution in [0.5, 0.6) is 0 Å². The van der Waals surface area contributed by atoms with Gasteiger partial charge in [-0.15, -0.1) is 0 Å². The van der Waals surface area contributed by atoms with Crippen LogP contribution in [0.25, 0.3) is 10.8 Å². The van der Waals surface area contributed by atoms with Crippen molar-refractivity contribution in [2.24, 2.45) is 5.92 Å². The third kappa shape index (κ3) is 3.73. The number of fused-ring (bicyclic) bond motifs is 5. The molecule has 3 atom stereocenters. The lowest BCUT2D eigenvalue weighted by molar-refractivity contribution is -0.384. The first-order chi connectivity index (χ1) is 17.1. The number of anilines is 2. The Morgan fingerprint density at radius 2 is 1.83 bits per heavy atom. The molecule has 2 aliphatic rings. The highest BCUT2D eigenvalue weighted by molar-refractivity contribution is 6.04. The SMILES string of the molecule is O=C(Nc1cccc([C@@H]2Nc3ccc4ccccc4c3[C@@H]3C=CC[C@@H]32)c1)c1cccc([N+](=O)[O-])c1. The van der Waals surface area contributed by atoms with Gasteiger partial charge < -0.3 is 10.6 Å². The highest BCUT2D eigenvalue weighted by Gasteiger charge is 2.38. The average molecular weight is 462 g/mol. The van der Waals surface area contributed by atoms with Crippen molar-refractivity contribution in [3.05, 3.63) is 124 Å². The molecule has 0 unspecified atom stereocenters. The molecule has 1 aliphatic carbocycles. The van der Waals surface area contributed by atoms with Crippen LogP contribution in [0.15, 0.2) is 97.1 Å². The summed E-state index contributed by atoms with van der Waals surface area (Å²) < 4.78 is 0. The maximum absolute atomic E-state index is 12.8. The van der Waals surface area contributed by atoms with E-state index in [1.807, 2.05) is 18.2 Å². The predicted octanol–water partition coefficient (Wildman–Crippen LogP) is 6.83. The monoisotopic (exact) mass is 461 g/mol. The number of nitrogens with one attached hydrogen (secondary N) is 2. The van der Waals surface area contributed by atoms with Gasteiger partial charge in [-0.05, 0) is 58.5 Å². The molecule has 0 spiro atoms. The molecule has 0 saturated carbocycles. The van der Waals surface area contributed by atoms with Gasteiger partial charge in [0.1, 0.15) is 0 Å². The van der Waals surface area contributed by atoms with Crippen molar-refractivity contribution >= 4 is 33.7 Å². The molecule has 2 N–H and O–H groups in total. The van der Waals surface area contributed by atoms with E-state index in [9.17, 15) is 14.9 Å². The van der Waals surface area contributed by atoms with E-state index in [1.54, 1.807) is 6.07 Å². The van der Waals surface area contributed by atoms with Crippen molar-refractivity contribution in [1.82, 2.24) is 0 Å². The fourth-order valence-electron chi connectivity index (χ4n) is 5.48. The van der Waals surface area contributed by atoms with E-state index in [4.69, 9.17) is 0 Å². The summed E-state index contributed by atoms with van der Waals surface area (Å²) in [6, 6.07) is 26.6. The first-order valence-electron chi connectivity index (χ1n) is 11.7. The molecule has 6 nitrogen and oxygen atoms in total. The van der Waals surface area contributed by atoms with Crippen molar-refractivity contribution in [3.63, 3.8) is 0 Å². The Morgan fingerprint density at radius 3 is 2.71 bits per heavy atom. The lowest BCUT2D eigenvalue weighted by Crippen LogP contribution is -2.29. The lowest BCUT2D eigenvalue weighted by atomic mass is 9.75. The van der Waals surface area contributed by atoms with Gasteiger partial charge in [-0.1, -0.05) is 60.7 Å². The average Bonchev–Trinajstić information content (AvgIpc) is 3.38. The molecule has 4 aromatic carbocycles. The Balaban J connectivity index is 1.31. The number of hydrogen-bond donors (Lipinski definition) is 2. The van der Waals surface area contributed by atoms with Gasteiger partial charge in [-0.2, -0.15) is 0 Å². The zero-order valence-corrected chi connectivity index (χ0v) is 18.8. The maximum atomic E-state index is 12.8. The minimum absolute atomic E-state index is 0.0957. The normalized spacial score (nSPS) is 20.1. The smallest absolute Gasteiger partial charge is 0.270 e. The standard InChI is InChI=1S/C29H23N3O3/c33-29(20-8-4-10-22(17-20)32(34)35)30-21-9-3-7-19(16-21)28-25-13-5-12-24(25)27-23-11-2-1-6-18(23)14-15-26(27)31-28/h1-12,14-17,24-25,28,31H,13H2,(H,30,33)/t24-,25+,28+/m1/s1. The van der Waals surface area contributed by atoms with Crippen LogP contribution in [0.4, 0.5) is 17.1 Å². The number of benzene rings is 4. The van der Waals surface area contributed by atoms with Crippen molar-refractivity contribution < 1.29 is 9.72 Å². The van der Waals surface area contributed by atoms with E-state index in [0.29, 0.717) is 17.5 Å². The Bertz CT molecular complexity index is 1510. The van der Waals surface area contributed by atoms with Gasteiger partial charge in [0.15, 0.2) is 0 Å². The quantitative estimate of drug-likeness (QED) is 0.198. The summed E-state index contributed by atoms with van der Waals surface area (Å²) in [6.45, 7) is 0. The second kappa shape index (κ2) is 8.40. The second-order valence-corrected chi connectivity index (χ2v) is 9.11. The Morgan fingerprint density at radius 1 is 0.971 bits per heavy atom. The third-order valence-electron chi connectivity index (χ3n) is 7.08. The first-order valence-corrected chi connectivity index (χ1v) is 11.7. The van der Waals surface area contributed by atoms with Crippen molar-refractivity contribution in [1.29, 1.82) is 0 Å². The number of allylic oxidation sites excluding steroid dienone is 2. The minimum atomic E-state index is -0.501. The van der Waals surface area contributed by atoms with Gasteiger partial charge in [0.2, 0.25) is 0 Å². The summed E-state index contributed by atoms with van der Waals surface area (Å²) in [4.78, 5) is 23.4. The summed E-state index contributed by atoms with van der Waals surface area (Å²) in [5.74, 6) is 0.321. The molecular weight excluding hydrogens is 438 g/mol. The summed E-state index contributed by atoms with van der Waals surface area (Å²) in [6.07, 6.45) is 5.59. The van der Waals surface area contributed by atoms with E-state index < -0.39 is 4.92 Å². The van der Waals surface area contributed by atoms with E-state index in [-0.39, 0.29) is 23.2 Å². The summed E-state index contributed by atoms with van der Waals surface area (Å²) in [5.41, 5.74) is 4.40. The number of nitro benzene ring substituents is 1. The lowest BCUT2D eigenvalue weighted by Gasteiger charge is -2.38. The highest BCUT2D eigenvalue weighted by Crippen LogP contribution is 2.51. The van der Waals surface area contributed by atoms with E-state index >= 15 is 0 Å². The Labute approximate surface area is 202 Å². The zero-order valence-electron chi connectivity index (χ0n) is 18.8. The molecule has 1 aliphatic heterocycles. The summed E-state index contributed by atoms with van der Waals surface area (Å²) >= 11 is 0. The van der Waals surface area contributed by atoms with Gasteiger partial charge in [0.05, 0.1) is 11.0 Å². The van der Waals surface area contributed by atoms with Gasteiger partial charge in [-0.3, -0.25) is 14.9 Å². The fourth-order valence-corrected chi connectivity index (χ4v) is 5.48. The first kappa shape index (κ1) is 21.1. The van der Waals surface area contributed by atoms with Crippen LogP contribution in [0.3, 0.4) is 0 Å². The molecule has 0 fully saturated rings. The third-order valence-corrected chi connectivity index (χ3v) is 7.08. The number of carbonyl (C=O) groups is 1. The molecule has 172 valence electrons. The molecule has 0 aromatic heterocycles.